The summed E-state index contributed by atoms with van der Waals surface area (Å²) in [6.45, 7) is 2.06. The Morgan fingerprint density at radius 2 is 1.16 bits per heavy atom. The molecule has 0 aromatic heterocycles. The molecular weight excluding hydrogens is 397 g/mol. The van der Waals surface area contributed by atoms with E-state index in [4.69, 9.17) is 0 Å². The van der Waals surface area contributed by atoms with Crippen LogP contribution in [0.15, 0.2) is 115 Å². The van der Waals surface area contributed by atoms with Crippen molar-refractivity contribution in [3.63, 3.8) is 0 Å². The highest BCUT2D eigenvalue weighted by Gasteiger charge is 2.30. The third-order valence-electron chi connectivity index (χ3n) is 5.10. The number of rotatable bonds is 5. The monoisotopic (exact) mass is 421 g/mol. The molecule has 1 atom stereocenters. The number of hydrogen-bond acceptors (Lipinski definition) is 1. The second kappa shape index (κ2) is 9.63. The first-order valence-electron chi connectivity index (χ1n) is 10.3. The van der Waals surface area contributed by atoms with Crippen LogP contribution in [0.25, 0.3) is 0 Å². The van der Waals surface area contributed by atoms with Gasteiger partial charge in [0.1, 0.15) is 6.04 Å². The number of hydrogen-bond donors (Lipinski definition) is 1. The minimum Gasteiger partial charge on any atom is -0.296 e. The lowest BCUT2D eigenvalue weighted by Crippen LogP contribution is -2.30. The average Bonchev–Trinajstić information content (AvgIpc) is 2.84. The maximum atomic E-state index is 14.5. The van der Waals surface area contributed by atoms with Gasteiger partial charge in [0, 0.05) is 16.2 Å². The van der Waals surface area contributed by atoms with Gasteiger partial charge in [0.25, 0.3) is 0 Å². The van der Waals surface area contributed by atoms with Crippen molar-refractivity contribution in [3.05, 3.63) is 132 Å². The van der Waals surface area contributed by atoms with Crippen molar-refractivity contribution in [2.45, 2.75) is 13.0 Å². The molecule has 0 fully saturated rings. The summed E-state index contributed by atoms with van der Waals surface area (Å²) in [6.07, 6.45) is 0. The zero-order valence-corrected chi connectivity index (χ0v) is 18.3. The molecule has 0 aliphatic rings. The second-order valence-corrected chi connectivity index (χ2v) is 9.90. The number of aryl methyl sites for hydroxylation is 1. The smallest absolute Gasteiger partial charge is 0.205 e. The largest absolute Gasteiger partial charge is 0.296 e. The summed E-state index contributed by atoms with van der Waals surface area (Å²) in [7, 11) is -3.13. The summed E-state index contributed by atoms with van der Waals surface area (Å²) in [5, 5.41) is 4.97. The quantitative estimate of drug-likeness (QED) is 0.335. The van der Waals surface area contributed by atoms with Crippen molar-refractivity contribution >= 4 is 17.9 Å². The van der Waals surface area contributed by atoms with E-state index in [9.17, 15) is 4.57 Å². The predicted molar refractivity (Wildman–Crippen MR) is 130 cm³/mol. The summed E-state index contributed by atoms with van der Waals surface area (Å²) < 4.78 is 14.5. The van der Waals surface area contributed by atoms with Gasteiger partial charge < -0.3 is 0 Å². The van der Waals surface area contributed by atoms with Crippen molar-refractivity contribution in [3.8, 4) is 11.8 Å². The lowest BCUT2D eigenvalue weighted by molar-refractivity contribution is 0.574. The fraction of sp³-hybridized carbons (Fsp3) is 0.0714. The summed E-state index contributed by atoms with van der Waals surface area (Å²) in [5.41, 5.74) is 3.11. The molecule has 3 heteroatoms. The van der Waals surface area contributed by atoms with E-state index >= 15 is 0 Å². The van der Waals surface area contributed by atoms with Crippen LogP contribution in [-0.2, 0) is 4.57 Å². The van der Waals surface area contributed by atoms with Gasteiger partial charge in [-0.2, -0.15) is 0 Å². The fourth-order valence-electron chi connectivity index (χ4n) is 3.38. The van der Waals surface area contributed by atoms with Crippen LogP contribution in [0.2, 0.25) is 0 Å². The highest BCUT2D eigenvalue weighted by Crippen LogP contribution is 2.41. The minimum atomic E-state index is -3.13. The minimum absolute atomic E-state index is 0.395. The molecule has 4 aromatic rings. The SMILES string of the molecule is Cc1ccc(C#C[C@@H](NP(=O)(c2ccccc2)c2ccccc2)c2ccccc2)cc1. The van der Waals surface area contributed by atoms with Gasteiger partial charge in [-0.1, -0.05) is 96.3 Å². The normalized spacial score (nSPS) is 11.9. The van der Waals surface area contributed by atoms with Crippen LogP contribution in [0.4, 0.5) is 0 Å². The second-order valence-electron chi connectivity index (χ2n) is 7.39. The van der Waals surface area contributed by atoms with Crippen molar-refractivity contribution in [1.82, 2.24) is 5.09 Å². The van der Waals surface area contributed by atoms with Gasteiger partial charge in [0.15, 0.2) is 0 Å². The molecule has 0 bridgehead atoms. The van der Waals surface area contributed by atoms with Crippen molar-refractivity contribution in [2.24, 2.45) is 0 Å². The van der Waals surface area contributed by atoms with E-state index < -0.39 is 13.3 Å². The molecule has 0 aliphatic carbocycles. The Balaban J connectivity index is 1.79. The van der Waals surface area contributed by atoms with Gasteiger partial charge in [-0.15, -0.1) is 0 Å². The van der Waals surface area contributed by atoms with Crippen molar-refractivity contribution in [2.75, 3.05) is 0 Å². The van der Waals surface area contributed by atoms with E-state index in [1.807, 2.05) is 115 Å². The average molecular weight is 421 g/mol. The number of nitrogens with one attached hydrogen (secondary N) is 1. The van der Waals surface area contributed by atoms with Crippen LogP contribution >= 0.6 is 7.29 Å². The molecule has 0 radical (unpaired) electrons. The first-order chi connectivity index (χ1) is 15.1. The summed E-state index contributed by atoms with van der Waals surface area (Å²) in [5.74, 6) is 6.60. The van der Waals surface area contributed by atoms with Crippen LogP contribution < -0.4 is 15.7 Å². The Morgan fingerprint density at radius 3 is 1.68 bits per heavy atom. The molecule has 0 aliphatic heterocycles. The van der Waals surface area contributed by atoms with Gasteiger partial charge in [0.05, 0.1) is 0 Å². The zero-order chi connectivity index (χ0) is 21.5. The molecule has 4 aromatic carbocycles. The summed E-state index contributed by atoms with van der Waals surface area (Å²) in [6, 6.07) is 36.9. The molecule has 152 valence electrons. The molecule has 2 nitrogen and oxygen atoms in total. The molecular formula is C28H24NOP. The maximum absolute atomic E-state index is 14.5. The third-order valence-corrected chi connectivity index (χ3v) is 7.77. The Kier molecular flexibility index (Phi) is 6.48. The van der Waals surface area contributed by atoms with Crippen LogP contribution in [0.1, 0.15) is 22.7 Å². The summed E-state index contributed by atoms with van der Waals surface area (Å²) >= 11 is 0. The molecule has 0 saturated heterocycles. The first kappa shape index (κ1) is 20.9. The van der Waals surface area contributed by atoms with Crippen LogP contribution in [0.3, 0.4) is 0 Å². The molecule has 0 saturated carbocycles. The van der Waals surface area contributed by atoms with Gasteiger partial charge in [-0.25, -0.2) is 5.09 Å². The van der Waals surface area contributed by atoms with Gasteiger partial charge in [-0.3, -0.25) is 4.57 Å². The number of benzene rings is 4. The topological polar surface area (TPSA) is 29.1 Å². The molecule has 0 unspecified atom stereocenters. The summed E-state index contributed by atoms with van der Waals surface area (Å²) in [4.78, 5) is 0. The van der Waals surface area contributed by atoms with Crippen LogP contribution in [0.5, 0.6) is 0 Å². The molecule has 0 spiro atoms. The lowest BCUT2D eigenvalue weighted by atomic mass is 10.1. The van der Waals surface area contributed by atoms with Crippen LogP contribution in [-0.4, -0.2) is 0 Å². The predicted octanol–water partition coefficient (Wildman–Crippen LogP) is 5.61. The van der Waals surface area contributed by atoms with Crippen LogP contribution in [0, 0.1) is 18.8 Å². The highest BCUT2D eigenvalue weighted by atomic mass is 31.2. The Bertz CT molecular complexity index is 1180. The lowest BCUT2D eigenvalue weighted by Gasteiger charge is -2.24. The Morgan fingerprint density at radius 1 is 0.677 bits per heavy atom. The van der Waals surface area contributed by atoms with E-state index in [-0.39, 0.29) is 0 Å². The highest BCUT2D eigenvalue weighted by molar-refractivity contribution is 7.76. The zero-order valence-electron chi connectivity index (χ0n) is 17.4. The third kappa shape index (κ3) is 5.04. The molecule has 0 heterocycles. The van der Waals surface area contributed by atoms with E-state index in [2.05, 4.69) is 23.9 Å². The Labute approximate surface area is 184 Å². The van der Waals surface area contributed by atoms with Gasteiger partial charge in [0.2, 0.25) is 7.29 Å². The van der Waals surface area contributed by atoms with Crippen molar-refractivity contribution < 1.29 is 4.57 Å². The molecule has 0 amide bonds. The maximum Gasteiger partial charge on any atom is 0.205 e. The van der Waals surface area contributed by atoms with E-state index in [1.54, 1.807) is 0 Å². The fourth-order valence-corrected chi connectivity index (χ4v) is 5.74. The Hall–Kier alpha value is -3.37. The van der Waals surface area contributed by atoms with Gasteiger partial charge >= 0.3 is 0 Å². The van der Waals surface area contributed by atoms with Crippen molar-refractivity contribution in [1.29, 1.82) is 0 Å². The molecule has 1 N–H and O–H groups in total. The van der Waals surface area contributed by atoms with Gasteiger partial charge in [-0.05, 0) is 48.9 Å². The standard InChI is InChI=1S/C28H24NOP/c1-23-17-19-24(20-18-23)21-22-28(25-11-5-2-6-12-25)29-31(30,26-13-7-3-8-14-26)27-15-9-4-10-16-27/h2-20,28H,1H3,(H,29,30)/t28-/m1/s1. The van der Waals surface area contributed by atoms with E-state index in [1.165, 1.54) is 5.56 Å². The molecule has 4 rings (SSSR count). The van der Waals surface area contributed by atoms with E-state index in [0.717, 1.165) is 21.7 Å². The molecule has 31 heavy (non-hydrogen) atoms. The first-order valence-corrected chi connectivity index (χ1v) is 12.0. The van der Waals surface area contributed by atoms with E-state index in [0.29, 0.717) is 0 Å².